The maximum atomic E-state index is 12.3. The number of benzene rings is 1. The van der Waals surface area contributed by atoms with Gasteiger partial charge in [-0.15, -0.1) is 0 Å². The minimum Gasteiger partial charge on any atom is -0.508 e. The summed E-state index contributed by atoms with van der Waals surface area (Å²) < 4.78 is 0. The molecule has 23 heavy (non-hydrogen) atoms. The third-order valence-corrected chi connectivity index (χ3v) is 4.17. The molecule has 0 spiro atoms. The zero-order valence-corrected chi connectivity index (χ0v) is 13.1. The number of amides is 1. The van der Waals surface area contributed by atoms with Gasteiger partial charge in [-0.25, -0.2) is 10.9 Å². The Balaban J connectivity index is 1.69. The third kappa shape index (κ3) is 3.33. The molecular formula is C17H20N4O2. The zero-order valence-electron chi connectivity index (χ0n) is 13.1. The fraction of sp³-hybridized carbons (Fsp3) is 0.294. The standard InChI is InChI=1S/C17H20N4O2/c1-10-6-13(16(22)7-11(10)2)14-8-15(21-20-14)17(23)19-12-4-3-5-18-9-12/h3-7,9,14-15,20-22H,8H2,1-2H3,(H,19,23). The van der Waals surface area contributed by atoms with Crippen molar-refractivity contribution in [3.8, 4) is 5.75 Å². The third-order valence-electron chi connectivity index (χ3n) is 4.17. The molecule has 3 rings (SSSR count). The molecule has 1 fully saturated rings. The van der Waals surface area contributed by atoms with E-state index >= 15 is 0 Å². The minimum absolute atomic E-state index is 0.112. The van der Waals surface area contributed by atoms with Gasteiger partial charge in [-0.2, -0.15) is 0 Å². The van der Waals surface area contributed by atoms with Gasteiger partial charge in [-0.1, -0.05) is 6.07 Å². The van der Waals surface area contributed by atoms with E-state index < -0.39 is 0 Å². The molecule has 1 aliphatic heterocycles. The molecule has 2 unspecified atom stereocenters. The van der Waals surface area contributed by atoms with Crippen molar-refractivity contribution >= 4 is 11.6 Å². The van der Waals surface area contributed by atoms with E-state index in [9.17, 15) is 9.90 Å². The van der Waals surface area contributed by atoms with Gasteiger partial charge in [-0.3, -0.25) is 9.78 Å². The average molecular weight is 312 g/mol. The van der Waals surface area contributed by atoms with Crippen molar-refractivity contribution in [2.24, 2.45) is 0 Å². The maximum absolute atomic E-state index is 12.3. The van der Waals surface area contributed by atoms with Crippen molar-refractivity contribution in [1.29, 1.82) is 0 Å². The first-order chi connectivity index (χ1) is 11.0. The van der Waals surface area contributed by atoms with Gasteiger partial charge in [0.1, 0.15) is 11.8 Å². The second-order valence-electron chi connectivity index (χ2n) is 5.86. The second-order valence-corrected chi connectivity index (χ2v) is 5.86. The lowest BCUT2D eigenvalue weighted by Crippen LogP contribution is -2.39. The number of anilines is 1. The number of aromatic hydroxyl groups is 1. The van der Waals surface area contributed by atoms with Crippen molar-refractivity contribution in [2.45, 2.75) is 32.4 Å². The zero-order chi connectivity index (χ0) is 16.4. The first-order valence-electron chi connectivity index (χ1n) is 7.56. The Labute approximate surface area is 134 Å². The van der Waals surface area contributed by atoms with E-state index in [4.69, 9.17) is 0 Å². The SMILES string of the molecule is Cc1cc(O)c(C2CC(C(=O)Nc3cccnc3)NN2)cc1C. The number of aryl methyl sites for hydroxylation is 2. The largest absolute Gasteiger partial charge is 0.508 e. The van der Waals surface area contributed by atoms with Crippen molar-refractivity contribution in [3.05, 3.63) is 53.3 Å². The molecule has 1 amide bonds. The minimum atomic E-state index is -0.374. The number of nitrogens with zero attached hydrogens (tertiary/aromatic N) is 1. The van der Waals surface area contributed by atoms with E-state index in [0.29, 0.717) is 12.1 Å². The highest BCUT2D eigenvalue weighted by Gasteiger charge is 2.31. The Hall–Kier alpha value is -2.44. The number of pyridine rings is 1. The van der Waals surface area contributed by atoms with E-state index in [1.54, 1.807) is 30.6 Å². The van der Waals surface area contributed by atoms with E-state index in [0.717, 1.165) is 16.7 Å². The molecule has 0 bridgehead atoms. The molecule has 1 aromatic carbocycles. The molecule has 2 atom stereocenters. The van der Waals surface area contributed by atoms with Gasteiger partial charge in [0.15, 0.2) is 0 Å². The van der Waals surface area contributed by atoms with Gasteiger partial charge >= 0.3 is 0 Å². The number of carbonyl (C=O) groups excluding carboxylic acids is 1. The normalized spacial score (nSPS) is 20.4. The van der Waals surface area contributed by atoms with Crippen LogP contribution in [0.25, 0.3) is 0 Å². The van der Waals surface area contributed by atoms with E-state index in [-0.39, 0.29) is 23.7 Å². The molecule has 6 heteroatoms. The first kappa shape index (κ1) is 15.5. The van der Waals surface area contributed by atoms with E-state index in [1.807, 2.05) is 19.9 Å². The summed E-state index contributed by atoms with van der Waals surface area (Å²) >= 11 is 0. The fourth-order valence-corrected chi connectivity index (χ4v) is 2.70. The highest BCUT2D eigenvalue weighted by Crippen LogP contribution is 2.32. The van der Waals surface area contributed by atoms with Gasteiger partial charge in [-0.05, 0) is 49.6 Å². The van der Waals surface area contributed by atoms with Crippen LogP contribution in [0.15, 0.2) is 36.7 Å². The molecular weight excluding hydrogens is 292 g/mol. The number of hydrogen-bond acceptors (Lipinski definition) is 5. The highest BCUT2D eigenvalue weighted by molar-refractivity contribution is 5.94. The summed E-state index contributed by atoms with van der Waals surface area (Å²) in [4.78, 5) is 16.3. The summed E-state index contributed by atoms with van der Waals surface area (Å²) in [6.45, 7) is 3.97. The van der Waals surface area contributed by atoms with Crippen LogP contribution in [0.3, 0.4) is 0 Å². The molecule has 1 saturated heterocycles. The van der Waals surface area contributed by atoms with Crippen LogP contribution in [-0.4, -0.2) is 22.0 Å². The highest BCUT2D eigenvalue weighted by atomic mass is 16.3. The Morgan fingerprint density at radius 2 is 2.09 bits per heavy atom. The van der Waals surface area contributed by atoms with Crippen LogP contribution >= 0.6 is 0 Å². The molecule has 1 aliphatic rings. The number of hydrazine groups is 1. The van der Waals surface area contributed by atoms with Crippen LogP contribution in [-0.2, 0) is 4.79 Å². The van der Waals surface area contributed by atoms with Gasteiger partial charge < -0.3 is 10.4 Å². The number of phenols is 1. The second kappa shape index (κ2) is 6.36. The summed E-state index contributed by atoms with van der Waals surface area (Å²) in [5, 5.41) is 13.0. The lowest BCUT2D eigenvalue weighted by Gasteiger charge is -2.14. The maximum Gasteiger partial charge on any atom is 0.242 e. The molecule has 0 radical (unpaired) electrons. The number of hydrogen-bond donors (Lipinski definition) is 4. The summed E-state index contributed by atoms with van der Waals surface area (Å²) in [6, 6.07) is 6.80. The summed E-state index contributed by atoms with van der Waals surface area (Å²) in [5.41, 5.74) is 9.71. The molecule has 0 aliphatic carbocycles. The van der Waals surface area contributed by atoms with Crippen LogP contribution < -0.4 is 16.2 Å². The Morgan fingerprint density at radius 3 is 2.83 bits per heavy atom. The summed E-state index contributed by atoms with van der Waals surface area (Å²) in [7, 11) is 0. The lowest BCUT2D eigenvalue weighted by atomic mass is 9.97. The number of phenolic OH excluding ortho intramolecular Hbond substituents is 1. The molecule has 4 N–H and O–H groups in total. The quantitative estimate of drug-likeness (QED) is 0.696. The van der Waals surface area contributed by atoms with Crippen molar-refractivity contribution < 1.29 is 9.90 Å². The van der Waals surface area contributed by atoms with Crippen LogP contribution in [0.2, 0.25) is 0 Å². The Kier molecular flexibility index (Phi) is 4.27. The molecule has 0 saturated carbocycles. The van der Waals surface area contributed by atoms with Crippen LogP contribution in [0.4, 0.5) is 5.69 Å². The Bertz CT molecular complexity index is 718. The van der Waals surface area contributed by atoms with Crippen molar-refractivity contribution in [1.82, 2.24) is 15.8 Å². The van der Waals surface area contributed by atoms with E-state index in [2.05, 4.69) is 21.2 Å². The molecule has 1 aromatic heterocycles. The predicted molar refractivity (Wildman–Crippen MR) is 87.9 cm³/mol. The average Bonchev–Trinajstić information content (AvgIpc) is 3.02. The van der Waals surface area contributed by atoms with E-state index in [1.165, 1.54) is 0 Å². The van der Waals surface area contributed by atoms with Crippen molar-refractivity contribution in [2.75, 3.05) is 5.32 Å². The predicted octanol–water partition coefficient (Wildman–Crippen LogP) is 1.95. The smallest absolute Gasteiger partial charge is 0.242 e. The number of rotatable bonds is 3. The number of aromatic nitrogens is 1. The van der Waals surface area contributed by atoms with Crippen LogP contribution in [0.1, 0.15) is 29.2 Å². The summed E-state index contributed by atoms with van der Waals surface area (Å²) in [5.74, 6) is 0.122. The molecule has 120 valence electrons. The van der Waals surface area contributed by atoms with Gasteiger partial charge in [0.2, 0.25) is 5.91 Å². The Morgan fingerprint density at radius 1 is 1.30 bits per heavy atom. The fourth-order valence-electron chi connectivity index (χ4n) is 2.70. The van der Waals surface area contributed by atoms with Gasteiger partial charge in [0, 0.05) is 11.8 Å². The van der Waals surface area contributed by atoms with Crippen LogP contribution in [0.5, 0.6) is 5.75 Å². The number of nitrogens with one attached hydrogen (secondary N) is 3. The number of carbonyl (C=O) groups is 1. The molecule has 2 aromatic rings. The summed E-state index contributed by atoms with van der Waals surface area (Å²) in [6.07, 6.45) is 3.82. The van der Waals surface area contributed by atoms with Crippen molar-refractivity contribution in [3.63, 3.8) is 0 Å². The molecule has 6 nitrogen and oxygen atoms in total. The topological polar surface area (TPSA) is 86.3 Å². The van der Waals surface area contributed by atoms with Gasteiger partial charge in [0.25, 0.3) is 0 Å². The molecule has 2 heterocycles. The lowest BCUT2D eigenvalue weighted by molar-refractivity contribution is -0.117. The van der Waals surface area contributed by atoms with Gasteiger partial charge in [0.05, 0.1) is 17.9 Å². The first-order valence-corrected chi connectivity index (χ1v) is 7.56. The monoisotopic (exact) mass is 312 g/mol. The van der Waals surface area contributed by atoms with Crippen LogP contribution in [0, 0.1) is 13.8 Å².